The van der Waals surface area contributed by atoms with Gasteiger partial charge in [0.15, 0.2) is 4.80 Å². The highest BCUT2D eigenvalue weighted by Gasteiger charge is 2.09. The number of hydrogen-bond acceptors (Lipinski definition) is 3. The lowest BCUT2D eigenvalue weighted by Crippen LogP contribution is -2.15. The molecular weight excluding hydrogens is 424 g/mol. The van der Waals surface area contributed by atoms with Gasteiger partial charge in [0.05, 0.1) is 16.8 Å². The zero-order valence-electron chi connectivity index (χ0n) is 15.6. The number of aryl methyl sites for hydroxylation is 1. The second kappa shape index (κ2) is 9.33. The van der Waals surface area contributed by atoms with Crippen molar-refractivity contribution in [3.05, 3.63) is 57.3 Å². The van der Waals surface area contributed by atoms with Gasteiger partial charge in [0.1, 0.15) is 5.75 Å². The minimum Gasteiger partial charge on any atom is -0.494 e. The van der Waals surface area contributed by atoms with Crippen molar-refractivity contribution in [1.29, 1.82) is 0 Å². The predicted molar refractivity (Wildman–Crippen MR) is 115 cm³/mol. The first-order valence-electron chi connectivity index (χ1n) is 9.23. The largest absolute Gasteiger partial charge is 0.494 e. The Bertz CT molecular complexity index is 990. The number of rotatable bonds is 7. The molecule has 3 rings (SSSR count). The van der Waals surface area contributed by atoms with Crippen LogP contribution >= 0.6 is 27.3 Å². The van der Waals surface area contributed by atoms with Gasteiger partial charge in [0, 0.05) is 16.6 Å². The number of benzene rings is 2. The molecule has 1 aromatic heterocycles. The molecule has 3 aromatic rings. The molecule has 0 unspecified atom stereocenters. The zero-order chi connectivity index (χ0) is 19.2. The van der Waals surface area contributed by atoms with E-state index < -0.39 is 0 Å². The highest BCUT2D eigenvalue weighted by atomic mass is 79.9. The summed E-state index contributed by atoms with van der Waals surface area (Å²) in [4.78, 5) is 17.7. The van der Waals surface area contributed by atoms with Crippen molar-refractivity contribution in [3.8, 4) is 5.75 Å². The normalized spacial score (nSPS) is 11.9. The number of ether oxygens (including phenoxy) is 1. The van der Waals surface area contributed by atoms with Gasteiger partial charge in [-0.3, -0.25) is 4.79 Å². The number of hydrogen-bond donors (Lipinski definition) is 0. The van der Waals surface area contributed by atoms with Gasteiger partial charge in [-0.1, -0.05) is 47.0 Å². The van der Waals surface area contributed by atoms with Gasteiger partial charge in [0.25, 0.3) is 5.91 Å². The SMILES string of the molecule is CCCCCOc1ccc(C(=O)N=c2sc3cc(Br)ccc3n2CC)cc1. The van der Waals surface area contributed by atoms with E-state index in [4.69, 9.17) is 4.74 Å². The summed E-state index contributed by atoms with van der Waals surface area (Å²) in [6.07, 6.45) is 3.38. The van der Waals surface area contributed by atoms with Gasteiger partial charge in [-0.2, -0.15) is 4.99 Å². The smallest absolute Gasteiger partial charge is 0.279 e. The predicted octanol–water partition coefficient (Wildman–Crippen LogP) is 5.80. The minimum absolute atomic E-state index is 0.236. The molecule has 2 aromatic carbocycles. The summed E-state index contributed by atoms with van der Waals surface area (Å²) < 4.78 is 9.89. The molecule has 0 bridgehead atoms. The summed E-state index contributed by atoms with van der Waals surface area (Å²) in [6.45, 7) is 5.70. The zero-order valence-corrected chi connectivity index (χ0v) is 18.0. The molecule has 0 fully saturated rings. The van der Waals surface area contributed by atoms with Gasteiger partial charge < -0.3 is 9.30 Å². The molecule has 6 heteroatoms. The molecule has 27 heavy (non-hydrogen) atoms. The van der Waals surface area contributed by atoms with E-state index in [1.807, 2.05) is 24.3 Å². The van der Waals surface area contributed by atoms with E-state index in [1.54, 1.807) is 12.1 Å². The molecular formula is C21H23BrN2O2S. The molecule has 0 N–H and O–H groups in total. The van der Waals surface area contributed by atoms with E-state index >= 15 is 0 Å². The Morgan fingerprint density at radius 3 is 2.63 bits per heavy atom. The number of carbonyl (C=O) groups excluding carboxylic acids is 1. The highest BCUT2D eigenvalue weighted by molar-refractivity contribution is 9.10. The summed E-state index contributed by atoms with van der Waals surface area (Å²) in [5, 5.41) is 0. The average molecular weight is 447 g/mol. The molecule has 1 heterocycles. The van der Waals surface area contributed by atoms with Crippen LogP contribution in [-0.4, -0.2) is 17.1 Å². The van der Waals surface area contributed by atoms with Gasteiger partial charge >= 0.3 is 0 Å². The van der Waals surface area contributed by atoms with Crippen LogP contribution in [0.1, 0.15) is 43.5 Å². The average Bonchev–Trinajstić information content (AvgIpc) is 3.01. The quantitative estimate of drug-likeness (QED) is 0.430. The van der Waals surface area contributed by atoms with Crippen LogP contribution in [0.25, 0.3) is 10.2 Å². The van der Waals surface area contributed by atoms with E-state index in [0.717, 1.165) is 38.2 Å². The number of aromatic nitrogens is 1. The fourth-order valence-electron chi connectivity index (χ4n) is 2.83. The number of amides is 1. The second-order valence-corrected chi connectivity index (χ2v) is 8.16. The maximum absolute atomic E-state index is 12.6. The highest BCUT2D eigenvalue weighted by Crippen LogP contribution is 2.22. The van der Waals surface area contributed by atoms with Gasteiger partial charge in [-0.05, 0) is 55.8 Å². The van der Waals surface area contributed by atoms with Crippen molar-refractivity contribution >= 4 is 43.4 Å². The van der Waals surface area contributed by atoms with Crippen LogP contribution in [0.5, 0.6) is 5.75 Å². The van der Waals surface area contributed by atoms with Crippen LogP contribution in [0, 0.1) is 0 Å². The first-order valence-corrected chi connectivity index (χ1v) is 10.8. The minimum atomic E-state index is -0.236. The third-order valence-corrected chi connectivity index (χ3v) is 5.81. The van der Waals surface area contributed by atoms with Crippen molar-refractivity contribution < 1.29 is 9.53 Å². The molecule has 4 nitrogen and oxygen atoms in total. The maximum Gasteiger partial charge on any atom is 0.279 e. The van der Waals surface area contributed by atoms with Crippen molar-refractivity contribution in [2.45, 2.75) is 39.7 Å². The Morgan fingerprint density at radius 1 is 1.15 bits per heavy atom. The summed E-state index contributed by atoms with van der Waals surface area (Å²) in [5.74, 6) is 0.554. The number of halogens is 1. The first kappa shape index (κ1) is 19.8. The van der Waals surface area contributed by atoms with E-state index in [1.165, 1.54) is 24.2 Å². The Balaban J connectivity index is 1.81. The van der Waals surface area contributed by atoms with Gasteiger partial charge in [-0.15, -0.1) is 0 Å². The fraction of sp³-hybridized carbons (Fsp3) is 0.333. The lowest BCUT2D eigenvalue weighted by Gasteiger charge is -2.05. The lowest BCUT2D eigenvalue weighted by atomic mass is 10.2. The van der Waals surface area contributed by atoms with Crippen LogP contribution in [0.2, 0.25) is 0 Å². The summed E-state index contributed by atoms with van der Waals surface area (Å²) in [6, 6.07) is 13.3. The third kappa shape index (κ3) is 4.87. The summed E-state index contributed by atoms with van der Waals surface area (Å²) in [5.41, 5.74) is 1.66. The molecule has 0 spiro atoms. The monoisotopic (exact) mass is 446 g/mol. The topological polar surface area (TPSA) is 43.6 Å². The summed E-state index contributed by atoms with van der Waals surface area (Å²) in [7, 11) is 0. The van der Waals surface area contributed by atoms with Crippen molar-refractivity contribution in [2.75, 3.05) is 6.61 Å². The first-order chi connectivity index (χ1) is 13.1. The third-order valence-electron chi connectivity index (χ3n) is 4.28. The van der Waals surface area contributed by atoms with E-state index in [9.17, 15) is 4.79 Å². The summed E-state index contributed by atoms with van der Waals surface area (Å²) >= 11 is 5.02. The Hall–Kier alpha value is -1.92. The van der Waals surface area contributed by atoms with Gasteiger partial charge in [-0.25, -0.2) is 0 Å². The molecule has 1 amide bonds. The molecule has 0 radical (unpaired) electrons. The van der Waals surface area contributed by atoms with Gasteiger partial charge in [0.2, 0.25) is 0 Å². The fourth-order valence-corrected chi connectivity index (χ4v) is 4.47. The molecule has 142 valence electrons. The van der Waals surface area contributed by atoms with Crippen molar-refractivity contribution in [1.82, 2.24) is 4.57 Å². The standard InChI is InChI=1S/C21H23BrN2O2S/c1-3-5-6-13-26-17-10-7-15(8-11-17)20(25)23-21-24(4-2)18-12-9-16(22)14-19(18)27-21/h7-12,14H,3-6,13H2,1-2H3. The number of carbonyl (C=O) groups is 1. The Kier molecular flexibility index (Phi) is 6.85. The van der Waals surface area contributed by atoms with Crippen molar-refractivity contribution in [3.63, 3.8) is 0 Å². The molecule has 0 aliphatic rings. The molecule has 0 aliphatic heterocycles. The lowest BCUT2D eigenvalue weighted by molar-refractivity contribution is 0.0998. The number of unbranched alkanes of at least 4 members (excludes halogenated alkanes) is 2. The van der Waals surface area contributed by atoms with E-state index in [-0.39, 0.29) is 5.91 Å². The number of thiazole rings is 1. The molecule has 0 atom stereocenters. The van der Waals surface area contributed by atoms with Crippen LogP contribution in [0.15, 0.2) is 51.9 Å². The van der Waals surface area contributed by atoms with Crippen molar-refractivity contribution in [2.24, 2.45) is 4.99 Å². The molecule has 0 saturated heterocycles. The molecule has 0 saturated carbocycles. The van der Waals surface area contributed by atoms with Crippen LogP contribution in [0.3, 0.4) is 0 Å². The Labute approximate surface area is 171 Å². The van der Waals surface area contributed by atoms with E-state index in [0.29, 0.717) is 12.2 Å². The van der Waals surface area contributed by atoms with Crippen LogP contribution < -0.4 is 9.54 Å². The maximum atomic E-state index is 12.6. The number of nitrogens with zero attached hydrogens (tertiary/aromatic N) is 2. The molecule has 0 aliphatic carbocycles. The second-order valence-electron chi connectivity index (χ2n) is 6.24. The van der Waals surface area contributed by atoms with Crippen LogP contribution in [-0.2, 0) is 6.54 Å². The van der Waals surface area contributed by atoms with Crippen LogP contribution in [0.4, 0.5) is 0 Å². The van der Waals surface area contributed by atoms with E-state index in [2.05, 4.69) is 45.4 Å². The number of fused-ring (bicyclic) bond motifs is 1. The Morgan fingerprint density at radius 2 is 1.93 bits per heavy atom.